The zero-order valence-corrected chi connectivity index (χ0v) is 31.7. The average molecular weight is 689 g/mol. The van der Waals surface area contributed by atoms with Crippen LogP contribution in [-0.2, 0) is 26.1 Å². The second-order valence-corrected chi connectivity index (χ2v) is 18.8. The van der Waals surface area contributed by atoms with E-state index in [0.717, 1.165) is 28.0 Å². The largest absolute Gasteiger partial charge is 0.497 e. The fourth-order valence-corrected chi connectivity index (χ4v) is 6.41. The summed E-state index contributed by atoms with van der Waals surface area (Å²) in [5.74, 6) is 13.2. The predicted molar refractivity (Wildman–Crippen MR) is 205 cm³/mol. The molecule has 1 N–H and O–H groups in total. The number of rotatable bonds is 15. The van der Waals surface area contributed by atoms with Crippen LogP contribution in [0.2, 0.25) is 18.1 Å². The van der Waals surface area contributed by atoms with Crippen molar-refractivity contribution < 1.29 is 23.7 Å². The molecule has 50 heavy (non-hydrogen) atoms. The summed E-state index contributed by atoms with van der Waals surface area (Å²) in [6.07, 6.45) is -0.332. The Morgan fingerprint density at radius 3 is 1.70 bits per heavy atom. The Hall–Kier alpha value is -4.14. The standard InChI is InChI=1S/C44H52O5Si/c1-8-21-41(45)43(47-34-36-28-30-40(46-5)31-29-36,32-19-12-20-33-49-50(6,7)42(2,3)4)35-48-44(37-22-13-9-14-23-37,38-24-15-10-16-25-38)39-26-17-11-18-27-39/h9-11,13-18,22-31,41,45H,19,32-35H2,1-7H3/t41-,43-/m0/s1. The number of hydrogen-bond acceptors (Lipinski definition) is 5. The summed E-state index contributed by atoms with van der Waals surface area (Å²) >= 11 is 0. The number of aliphatic hydroxyl groups is 1. The highest BCUT2D eigenvalue weighted by molar-refractivity contribution is 6.74. The molecule has 0 amide bonds. The van der Waals surface area contributed by atoms with Gasteiger partial charge in [0.25, 0.3) is 0 Å². The van der Waals surface area contributed by atoms with Crippen molar-refractivity contribution in [3.63, 3.8) is 0 Å². The summed E-state index contributed by atoms with van der Waals surface area (Å²) in [5.41, 5.74) is 1.56. The summed E-state index contributed by atoms with van der Waals surface area (Å²) in [7, 11) is -0.289. The van der Waals surface area contributed by atoms with E-state index >= 15 is 0 Å². The van der Waals surface area contributed by atoms with Gasteiger partial charge in [-0.25, -0.2) is 0 Å². The van der Waals surface area contributed by atoms with Crippen LogP contribution >= 0.6 is 0 Å². The number of methoxy groups -OCH3 is 1. The van der Waals surface area contributed by atoms with E-state index in [-0.39, 0.29) is 18.3 Å². The van der Waals surface area contributed by atoms with Crippen LogP contribution < -0.4 is 4.74 Å². The molecular weight excluding hydrogens is 637 g/mol. The van der Waals surface area contributed by atoms with Crippen molar-refractivity contribution >= 4 is 8.32 Å². The molecule has 0 radical (unpaired) electrons. The first-order valence-corrected chi connectivity index (χ1v) is 20.2. The highest BCUT2D eigenvalue weighted by Gasteiger charge is 2.45. The Morgan fingerprint density at radius 1 is 0.720 bits per heavy atom. The highest BCUT2D eigenvalue weighted by Crippen LogP contribution is 2.42. The van der Waals surface area contributed by atoms with Crippen molar-refractivity contribution in [3.8, 4) is 29.4 Å². The first-order valence-electron chi connectivity index (χ1n) is 17.2. The molecule has 4 rings (SSSR count). The molecule has 0 fully saturated rings. The van der Waals surface area contributed by atoms with Gasteiger partial charge in [-0.1, -0.05) is 136 Å². The Bertz CT molecular complexity index is 1630. The SMILES string of the molecule is CC#C[C@H](O)[C@](CCC#CCO[Si](C)(C)C(C)(C)C)(COC(c1ccccc1)(c1ccccc1)c1ccccc1)OCc1ccc(OC)cc1. The zero-order chi connectivity index (χ0) is 36.1. The van der Waals surface area contributed by atoms with Crippen LogP contribution in [-0.4, -0.2) is 45.5 Å². The van der Waals surface area contributed by atoms with Crippen LogP contribution in [0.5, 0.6) is 5.75 Å². The summed E-state index contributed by atoms with van der Waals surface area (Å²) < 4.78 is 25.7. The van der Waals surface area contributed by atoms with Crippen molar-refractivity contribution in [1.29, 1.82) is 0 Å². The maximum atomic E-state index is 11.9. The number of benzene rings is 4. The molecule has 0 aliphatic carbocycles. The van der Waals surface area contributed by atoms with E-state index < -0.39 is 25.6 Å². The van der Waals surface area contributed by atoms with E-state index in [1.165, 1.54) is 0 Å². The second-order valence-electron chi connectivity index (χ2n) is 14.0. The van der Waals surface area contributed by atoms with Gasteiger partial charge in [-0.3, -0.25) is 0 Å². The number of aliphatic hydroxyl groups excluding tert-OH is 1. The minimum absolute atomic E-state index is 0.0276. The molecule has 0 aliphatic rings. The molecule has 0 heterocycles. The Balaban J connectivity index is 1.76. The maximum absolute atomic E-state index is 11.9. The Morgan fingerprint density at radius 2 is 1.24 bits per heavy atom. The van der Waals surface area contributed by atoms with Crippen LogP contribution in [0.4, 0.5) is 0 Å². The first kappa shape index (κ1) is 38.7. The molecule has 4 aromatic rings. The van der Waals surface area contributed by atoms with E-state index in [0.29, 0.717) is 19.4 Å². The third kappa shape index (κ3) is 9.55. The van der Waals surface area contributed by atoms with Gasteiger partial charge < -0.3 is 23.7 Å². The van der Waals surface area contributed by atoms with Gasteiger partial charge in [-0.05, 0) is 65.9 Å². The van der Waals surface area contributed by atoms with Crippen molar-refractivity contribution in [1.82, 2.24) is 0 Å². The van der Waals surface area contributed by atoms with Gasteiger partial charge >= 0.3 is 0 Å². The lowest BCUT2D eigenvalue weighted by molar-refractivity contribution is -0.172. The normalized spacial score (nSPS) is 13.6. The van der Waals surface area contributed by atoms with Gasteiger partial charge in [0.15, 0.2) is 8.32 Å². The van der Waals surface area contributed by atoms with Gasteiger partial charge in [0.2, 0.25) is 0 Å². The molecule has 0 bridgehead atoms. The molecule has 0 aromatic heterocycles. The molecule has 262 valence electrons. The molecule has 0 saturated heterocycles. The topological polar surface area (TPSA) is 57.2 Å². The van der Waals surface area contributed by atoms with E-state index in [1.54, 1.807) is 14.0 Å². The fraction of sp³-hybridized carbons (Fsp3) is 0.364. The summed E-state index contributed by atoms with van der Waals surface area (Å²) in [6.45, 7) is 13.5. The van der Waals surface area contributed by atoms with Crippen molar-refractivity contribution in [3.05, 3.63) is 138 Å². The van der Waals surface area contributed by atoms with Crippen LogP contribution in [0.15, 0.2) is 115 Å². The maximum Gasteiger partial charge on any atom is 0.193 e. The smallest absolute Gasteiger partial charge is 0.193 e. The summed E-state index contributed by atoms with van der Waals surface area (Å²) in [6, 6.07) is 38.3. The predicted octanol–water partition coefficient (Wildman–Crippen LogP) is 9.15. The van der Waals surface area contributed by atoms with Gasteiger partial charge in [0.1, 0.15) is 23.1 Å². The molecule has 2 atom stereocenters. The van der Waals surface area contributed by atoms with E-state index in [4.69, 9.17) is 18.6 Å². The van der Waals surface area contributed by atoms with Crippen molar-refractivity contribution in [2.75, 3.05) is 20.3 Å². The molecule has 0 spiro atoms. The molecule has 0 aliphatic heterocycles. The van der Waals surface area contributed by atoms with Crippen molar-refractivity contribution in [2.24, 2.45) is 0 Å². The molecule has 4 aromatic carbocycles. The minimum atomic E-state index is -1.93. The first-order chi connectivity index (χ1) is 24.0. The van der Waals surface area contributed by atoms with E-state index in [9.17, 15) is 5.11 Å². The molecule has 5 nitrogen and oxygen atoms in total. The van der Waals surface area contributed by atoms with Crippen LogP contribution in [0.25, 0.3) is 0 Å². The van der Waals surface area contributed by atoms with Gasteiger partial charge in [-0.2, -0.15) is 0 Å². The lowest BCUT2D eigenvalue weighted by Crippen LogP contribution is -2.51. The number of hydrogen-bond donors (Lipinski definition) is 1. The highest BCUT2D eigenvalue weighted by atomic mass is 28.4. The lowest BCUT2D eigenvalue weighted by atomic mass is 9.79. The summed E-state index contributed by atoms with van der Waals surface area (Å²) in [5, 5.41) is 12.0. The fourth-order valence-electron chi connectivity index (χ4n) is 5.54. The number of ether oxygens (including phenoxy) is 3. The lowest BCUT2D eigenvalue weighted by Gasteiger charge is -2.42. The van der Waals surface area contributed by atoms with E-state index in [2.05, 4.69) is 93.9 Å². The quantitative estimate of drug-likeness (QED) is 0.0767. The monoisotopic (exact) mass is 688 g/mol. The van der Waals surface area contributed by atoms with Crippen LogP contribution in [0, 0.1) is 23.7 Å². The average Bonchev–Trinajstić information content (AvgIpc) is 3.13. The molecular formula is C44H52O5Si. The molecule has 0 unspecified atom stereocenters. The zero-order valence-electron chi connectivity index (χ0n) is 30.7. The van der Waals surface area contributed by atoms with Crippen LogP contribution in [0.1, 0.15) is 62.8 Å². The Kier molecular flexibility index (Phi) is 13.7. The minimum Gasteiger partial charge on any atom is -0.497 e. The third-order valence-corrected chi connectivity index (χ3v) is 14.1. The van der Waals surface area contributed by atoms with Crippen molar-refractivity contribution in [2.45, 2.75) is 82.6 Å². The Labute approximate surface area is 301 Å². The summed E-state index contributed by atoms with van der Waals surface area (Å²) in [4.78, 5) is 0. The molecule has 0 saturated carbocycles. The van der Waals surface area contributed by atoms with Crippen LogP contribution in [0.3, 0.4) is 0 Å². The molecule has 6 heteroatoms. The second kappa shape index (κ2) is 17.7. The third-order valence-electron chi connectivity index (χ3n) is 9.65. The van der Waals surface area contributed by atoms with Gasteiger partial charge in [-0.15, -0.1) is 11.8 Å². The van der Waals surface area contributed by atoms with Gasteiger partial charge in [0, 0.05) is 6.42 Å². The van der Waals surface area contributed by atoms with Gasteiger partial charge in [0.05, 0.1) is 26.9 Å². The van der Waals surface area contributed by atoms with E-state index in [1.807, 2.05) is 78.9 Å².